The van der Waals surface area contributed by atoms with E-state index in [2.05, 4.69) is 0 Å². The molecule has 2 aromatic rings. The quantitative estimate of drug-likeness (QED) is 0.852. The average molecular weight is 263 g/mol. The van der Waals surface area contributed by atoms with E-state index in [0.717, 1.165) is 5.69 Å². The van der Waals surface area contributed by atoms with E-state index in [1.807, 2.05) is 55.4 Å². The summed E-state index contributed by atoms with van der Waals surface area (Å²) in [5.41, 5.74) is 1.47. The Kier molecular flexibility index (Phi) is 3.88. The van der Waals surface area contributed by atoms with Crippen LogP contribution in [0.15, 0.2) is 42.5 Å². The lowest BCUT2D eigenvalue weighted by Gasteiger charge is -2.17. The molecule has 0 saturated carbocycles. The Morgan fingerprint density at radius 1 is 0.900 bits per heavy atom. The standard InChI is InChI=1S/C16H13N3O/c1-19(2)14-7-3-4-8-16(14)20-15-9-5-6-12(10-17)13(15)11-18/h3-9H,1-2H3. The molecule has 0 unspecified atom stereocenters. The summed E-state index contributed by atoms with van der Waals surface area (Å²) in [6.07, 6.45) is 0. The van der Waals surface area contributed by atoms with Gasteiger partial charge in [-0.15, -0.1) is 0 Å². The summed E-state index contributed by atoms with van der Waals surface area (Å²) in [7, 11) is 3.83. The lowest BCUT2D eigenvalue weighted by molar-refractivity contribution is 0.481. The van der Waals surface area contributed by atoms with Crippen molar-refractivity contribution in [3.05, 3.63) is 53.6 Å². The molecule has 0 aliphatic rings. The summed E-state index contributed by atoms with van der Waals surface area (Å²) >= 11 is 0. The monoisotopic (exact) mass is 263 g/mol. The van der Waals surface area contributed by atoms with Gasteiger partial charge in [-0.1, -0.05) is 18.2 Å². The van der Waals surface area contributed by atoms with Crippen molar-refractivity contribution >= 4 is 5.69 Å². The molecule has 2 rings (SSSR count). The van der Waals surface area contributed by atoms with Crippen LogP contribution < -0.4 is 9.64 Å². The Balaban J connectivity index is 2.47. The molecule has 0 aliphatic carbocycles. The highest BCUT2D eigenvalue weighted by molar-refractivity contribution is 5.61. The maximum atomic E-state index is 9.20. The van der Waals surface area contributed by atoms with Gasteiger partial charge in [-0.2, -0.15) is 10.5 Å². The Morgan fingerprint density at radius 3 is 2.25 bits per heavy atom. The van der Waals surface area contributed by atoms with Gasteiger partial charge in [0.15, 0.2) is 5.75 Å². The first-order valence-electron chi connectivity index (χ1n) is 6.04. The first kappa shape index (κ1) is 13.5. The molecule has 0 fully saturated rings. The van der Waals surface area contributed by atoms with Crippen LogP contribution >= 0.6 is 0 Å². The molecular formula is C16H13N3O. The third kappa shape index (κ3) is 2.55. The third-order valence-corrected chi connectivity index (χ3v) is 2.83. The van der Waals surface area contributed by atoms with Crippen molar-refractivity contribution < 1.29 is 4.74 Å². The fourth-order valence-corrected chi connectivity index (χ4v) is 1.86. The largest absolute Gasteiger partial charge is 0.454 e. The van der Waals surface area contributed by atoms with E-state index in [1.54, 1.807) is 18.2 Å². The lowest BCUT2D eigenvalue weighted by atomic mass is 10.1. The number of nitrogens with zero attached hydrogens (tertiary/aromatic N) is 3. The van der Waals surface area contributed by atoms with Crippen LogP contribution in [0.4, 0.5) is 5.69 Å². The van der Waals surface area contributed by atoms with Crippen molar-refractivity contribution in [1.82, 2.24) is 0 Å². The minimum absolute atomic E-state index is 0.253. The van der Waals surface area contributed by atoms with E-state index in [9.17, 15) is 5.26 Å². The summed E-state index contributed by atoms with van der Waals surface area (Å²) in [5, 5.41) is 18.2. The minimum Gasteiger partial charge on any atom is -0.454 e. The van der Waals surface area contributed by atoms with E-state index < -0.39 is 0 Å². The van der Waals surface area contributed by atoms with Gasteiger partial charge in [0.25, 0.3) is 0 Å². The number of para-hydroxylation sites is 2. The van der Waals surface area contributed by atoms with Gasteiger partial charge in [0.2, 0.25) is 0 Å². The molecule has 0 bridgehead atoms. The van der Waals surface area contributed by atoms with Crippen molar-refractivity contribution in [2.75, 3.05) is 19.0 Å². The molecule has 0 saturated heterocycles. The molecule has 0 heterocycles. The number of benzene rings is 2. The average Bonchev–Trinajstić information content (AvgIpc) is 2.47. The van der Waals surface area contributed by atoms with E-state index in [0.29, 0.717) is 17.1 Å². The highest BCUT2D eigenvalue weighted by atomic mass is 16.5. The maximum Gasteiger partial charge on any atom is 0.150 e. The van der Waals surface area contributed by atoms with Crippen LogP contribution in [0, 0.1) is 22.7 Å². The molecule has 4 heteroatoms. The summed E-state index contributed by atoms with van der Waals surface area (Å²) in [6.45, 7) is 0. The number of anilines is 1. The predicted molar refractivity (Wildman–Crippen MR) is 76.7 cm³/mol. The predicted octanol–water partition coefficient (Wildman–Crippen LogP) is 3.29. The van der Waals surface area contributed by atoms with Gasteiger partial charge in [-0.05, 0) is 24.3 Å². The van der Waals surface area contributed by atoms with Crippen molar-refractivity contribution in [1.29, 1.82) is 10.5 Å². The van der Waals surface area contributed by atoms with Gasteiger partial charge in [-0.3, -0.25) is 0 Å². The molecular weight excluding hydrogens is 250 g/mol. The van der Waals surface area contributed by atoms with Gasteiger partial charge in [0, 0.05) is 14.1 Å². The molecule has 20 heavy (non-hydrogen) atoms. The number of ether oxygens (including phenoxy) is 1. The zero-order chi connectivity index (χ0) is 14.5. The summed E-state index contributed by atoms with van der Waals surface area (Å²) in [6, 6.07) is 16.5. The Labute approximate surface area is 118 Å². The smallest absolute Gasteiger partial charge is 0.150 e. The molecule has 0 aromatic heterocycles. The summed E-state index contributed by atoms with van der Waals surface area (Å²) in [4.78, 5) is 1.93. The maximum absolute atomic E-state index is 9.20. The highest BCUT2D eigenvalue weighted by Gasteiger charge is 2.12. The second-order valence-electron chi connectivity index (χ2n) is 4.37. The van der Waals surface area contributed by atoms with Crippen molar-refractivity contribution in [3.63, 3.8) is 0 Å². The van der Waals surface area contributed by atoms with Gasteiger partial charge >= 0.3 is 0 Å². The van der Waals surface area contributed by atoms with Crippen LogP contribution in [0.2, 0.25) is 0 Å². The molecule has 2 aromatic carbocycles. The van der Waals surface area contributed by atoms with Gasteiger partial charge < -0.3 is 9.64 Å². The summed E-state index contributed by atoms with van der Waals surface area (Å²) in [5.74, 6) is 1.03. The summed E-state index contributed by atoms with van der Waals surface area (Å²) < 4.78 is 5.82. The Bertz CT molecular complexity index is 708. The zero-order valence-electron chi connectivity index (χ0n) is 11.3. The van der Waals surface area contributed by atoms with Gasteiger partial charge in [0.1, 0.15) is 23.5 Å². The van der Waals surface area contributed by atoms with Crippen LogP contribution in [-0.4, -0.2) is 14.1 Å². The minimum atomic E-state index is 0.253. The fraction of sp³-hybridized carbons (Fsp3) is 0.125. The van der Waals surface area contributed by atoms with E-state index in [-0.39, 0.29) is 5.56 Å². The first-order chi connectivity index (χ1) is 9.67. The number of hydrogen-bond donors (Lipinski definition) is 0. The molecule has 0 atom stereocenters. The van der Waals surface area contributed by atoms with Crippen LogP contribution in [0.5, 0.6) is 11.5 Å². The Morgan fingerprint density at radius 2 is 1.60 bits per heavy atom. The number of nitriles is 2. The fourth-order valence-electron chi connectivity index (χ4n) is 1.86. The third-order valence-electron chi connectivity index (χ3n) is 2.83. The molecule has 98 valence electrons. The molecule has 4 nitrogen and oxygen atoms in total. The number of hydrogen-bond acceptors (Lipinski definition) is 4. The van der Waals surface area contributed by atoms with Crippen LogP contribution in [0.1, 0.15) is 11.1 Å². The topological polar surface area (TPSA) is 60.0 Å². The number of rotatable bonds is 3. The van der Waals surface area contributed by atoms with E-state index in [4.69, 9.17) is 10.00 Å². The van der Waals surface area contributed by atoms with Crippen molar-refractivity contribution in [2.24, 2.45) is 0 Å². The van der Waals surface area contributed by atoms with Gasteiger partial charge in [0.05, 0.1) is 11.3 Å². The van der Waals surface area contributed by atoms with Crippen LogP contribution in [-0.2, 0) is 0 Å². The van der Waals surface area contributed by atoms with Crippen molar-refractivity contribution in [3.8, 4) is 23.6 Å². The van der Waals surface area contributed by atoms with Crippen LogP contribution in [0.25, 0.3) is 0 Å². The molecule has 0 aliphatic heterocycles. The molecule has 0 spiro atoms. The second-order valence-corrected chi connectivity index (χ2v) is 4.37. The highest BCUT2D eigenvalue weighted by Crippen LogP contribution is 2.33. The molecule has 0 radical (unpaired) electrons. The zero-order valence-corrected chi connectivity index (χ0v) is 11.3. The van der Waals surface area contributed by atoms with E-state index in [1.165, 1.54) is 0 Å². The van der Waals surface area contributed by atoms with Crippen LogP contribution in [0.3, 0.4) is 0 Å². The first-order valence-corrected chi connectivity index (χ1v) is 6.04. The molecule has 0 amide bonds. The molecule has 0 N–H and O–H groups in total. The SMILES string of the molecule is CN(C)c1ccccc1Oc1cccc(C#N)c1C#N. The lowest BCUT2D eigenvalue weighted by Crippen LogP contribution is -2.09. The van der Waals surface area contributed by atoms with Crippen molar-refractivity contribution in [2.45, 2.75) is 0 Å². The second kappa shape index (κ2) is 5.77. The Hall–Kier alpha value is -2.98. The normalized spacial score (nSPS) is 9.40. The van der Waals surface area contributed by atoms with Gasteiger partial charge in [-0.25, -0.2) is 0 Å². The van der Waals surface area contributed by atoms with E-state index >= 15 is 0 Å².